The lowest BCUT2D eigenvalue weighted by Crippen LogP contribution is -2.16. The van der Waals surface area contributed by atoms with Crippen molar-refractivity contribution in [3.05, 3.63) is 217 Å². The highest BCUT2D eigenvalue weighted by molar-refractivity contribution is 6.19. The number of pyridine rings is 1. The summed E-state index contributed by atoms with van der Waals surface area (Å²) in [6.07, 6.45) is 11.5. The van der Waals surface area contributed by atoms with Crippen molar-refractivity contribution in [2.45, 2.75) is 5.92 Å². The first-order valence-corrected chi connectivity index (χ1v) is 20.2. The molecule has 0 saturated heterocycles. The van der Waals surface area contributed by atoms with Crippen LogP contribution in [0.5, 0.6) is 0 Å². The summed E-state index contributed by atoms with van der Waals surface area (Å²) in [5, 5.41) is 5.39. The highest BCUT2D eigenvalue weighted by Crippen LogP contribution is 2.46. The lowest BCUT2D eigenvalue weighted by molar-refractivity contribution is 0.672. The van der Waals surface area contributed by atoms with Gasteiger partial charge >= 0.3 is 0 Å². The summed E-state index contributed by atoms with van der Waals surface area (Å²) in [6, 6.07) is 59.6. The first-order chi connectivity index (χ1) is 29.2. The van der Waals surface area contributed by atoms with E-state index in [0.717, 1.165) is 77.6 Å². The van der Waals surface area contributed by atoms with Gasteiger partial charge in [0.1, 0.15) is 11.2 Å². The molecule has 0 radical (unpaired) electrons. The van der Waals surface area contributed by atoms with Crippen LogP contribution in [-0.4, -0.2) is 15.0 Å². The summed E-state index contributed by atoms with van der Waals surface area (Å²) in [6.45, 7) is 0. The summed E-state index contributed by atoms with van der Waals surface area (Å²) in [5.74, 6) is 1.35. The highest BCUT2D eigenvalue weighted by atomic mass is 16.3. The number of hydrogen-bond donors (Lipinski definition) is 0. The van der Waals surface area contributed by atoms with Crippen LogP contribution in [-0.2, 0) is 0 Å². The van der Waals surface area contributed by atoms with Gasteiger partial charge in [0.2, 0.25) is 0 Å². The van der Waals surface area contributed by atoms with Gasteiger partial charge < -0.3 is 4.42 Å². The maximum atomic E-state index is 6.48. The molecule has 4 nitrogen and oxygen atoms in total. The molecule has 4 heteroatoms. The van der Waals surface area contributed by atoms with Gasteiger partial charge in [-0.25, -0.2) is 15.0 Å². The van der Waals surface area contributed by atoms with Crippen LogP contribution in [0.1, 0.15) is 22.6 Å². The smallest absolute Gasteiger partial charge is 0.161 e. The molecule has 0 aliphatic heterocycles. The molecule has 3 heterocycles. The van der Waals surface area contributed by atoms with Crippen LogP contribution < -0.4 is 0 Å². The van der Waals surface area contributed by atoms with Crippen molar-refractivity contribution < 1.29 is 4.42 Å². The molecule has 0 fully saturated rings. The van der Waals surface area contributed by atoms with Crippen molar-refractivity contribution in [2.75, 3.05) is 0 Å². The predicted octanol–water partition coefficient (Wildman–Crippen LogP) is 14.0. The zero-order valence-electron chi connectivity index (χ0n) is 32.0. The zero-order chi connectivity index (χ0) is 38.9. The molecule has 10 aromatic rings. The third-order valence-corrected chi connectivity index (χ3v) is 12.1. The van der Waals surface area contributed by atoms with Gasteiger partial charge in [-0.15, -0.1) is 0 Å². The quantitative estimate of drug-likeness (QED) is 0.176. The Labute approximate surface area is 341 Å². The fraction of sp³-hybridized carbons (Fsp3) is 0.0364. The number of furan rings is 1. The van der Waals surface area contributed by atoms with Crippen LogP contribution in [0, 0.1) is 5.92 Å². The summed E-state index contributed by atoms with van der Waals surface area (Å²) >= 11 is 0. The van der Waals surface area contributed by atoms with Gasteiger partial charge in [0.05, 0.1) is 28.0 Å². The van der Waals surface area contributed by atoms with Crippen molar-refractivity contribution in [1.82, 2.24) is 15.0 Å². The van der Waals surface area contributed by atoms with Crippen molar-refractivity contribution in [2.24, 2.45) is 5.92 Å². The van der Waals surface area contributed by atoms with Crippen LogP contribution in [0.2, 0.25) is 0 Å². The normalized spacial score (nSPS) is 15.8. The van der Waals surface area contributed by atoms with Crippen molar-refractivity contribution in [3.63, 3.8) is 0 Å². The number of hydrogen-bond acceptors (Lipinski definition) is 4. The predicted molar refractivity (Wildman–Crippen MR) is 242 cm³/mol. The molecule has 0 spiro atoms. The van der Waals surface area contributed by atoms with E-state index >= 15 is 0 Å². The van der Waals surface area contributed by atoms with Gasteiger partial charge in [-0.2, -0.15) is 0 Å². The molecule has 7 aromatic carbocycles. The molecule has 2 aliphatic rings. The van der Waals surface area contributed by atoms with E-state index < -0.39 is 0 Å². The van der Waals surface area contributed by atoms with Crippen molar-refractivity contribution >= 4 is 49.2 Å². The second-order valence-corrected chi connectivity index (χ2v) is 15.4. The van der Waals surface area contributed by atoms with Gasteiger partial charge in [0.15, 0.2) is 5.82 Å². The van der Waals surface area contributed by atoms with Crippen LogP contribution >= 0.6 is 0 Å². The van der Waals surface area contributed by atoms with Crippen molar-refractivity contribution in [1.29, 1.82) is 0 Å². The zero-order valence-corrected chi connectivity index (χ0v) is 32.0. The van der Waals surface area contributed by atoms with E-state index in [1.54, 1.807) is 0 Å². The monoisotopic (exact) mass is 753 g/mol. The van der Waals surface area contributed by atoms with E-state index in [2.05, 4.69) is 170 Å². The lowest BCUT2D eigenvalue weighted by atomic mass is 9.72. The third kappa shape index (κ3) is 5.49. The Morgan fingerprint density at radius 1 is 0.458 bits per heavy atom. The minimum atomic E-state index is 0.310. The van der Waals surface area contributed by atoms with Gasteiger partial charge in [0, 0.05) is 44.9 Å². The molecule has 12 rings (SSSR count). The number of benzene rings is 7. The molecule has 0 saturated carbocycles. The van der Waals surface area contributed by atoms with Gasteiger partial charge in [-0.1, -0.05) is 170 Å². The minimum Gasteiger partial charge on any atom is -0.455 e. The number of rotatable bonds is 5. The minimum absolute atomic E-state index is 0.310. The SMILES string of the molecule is C1=CC2C=C(c3ccc(-c4nc(-c5ccccc5)cc(-c5ccc(-c6nc7ccccc7c7oc8ccccc8c67)cc5)n4)c4ccccc34)c3ccccc3C2C=C1. The number of fused-ring (bicyclic) bond motifs is 9. The average Bonchev–Trinajstić information content (AvgIpc) is 3.71. The molecule has 0 N–H and O–H groups in total. The molecule has 0 amide bonds. The Morgan fingerprint density at radius 2 is 1.08 bits per heavy atom. The van der Waals surface area contributed by atoms with Crippen LogP contribution in [0.3, 0.4) is 0 Å². The lowest BCUT2D eigenvalue weighted by Gasteiger charge is -2.31. The maximum Gasteiger partial charge on any atom is 0.161 e. The first-order valence-electron chi connectivity index (χ1n) is 20.2. The Hall–Kier alpha value is -7.69. The Morgan fingerprint density at radius 3 is 1.92 bits per heavy atom. The number of para-hydroxylation sites is 2. The van der Waals surface area contributed by atoms with Gasteiger partial charge in [-0.05, 0) is 63.4 Å². The average molecular weight is 754 g/mol. The number of nitrogens with zero attached hydrogens (tertiary/aromatic N) is 3. The molecular formula is C55H35N3O. The number of allylic oxidation sites excluding steroid dienone is 5. The molecule has 59 heavy (non-hydrogen) atoms. The van der Waals surface area contributed by atoms with Crippen LogP contribution in [0.15, 0.2) is 205 Å². The van der Waals surface area contributed by atoms with Gasteiger partial charge in [-0.3, -0.25) is 0 Å². The molecule has 2 aliphatic carbocycles. The number of aromatic nitrogens is 3. The Balaban J connectivity index is 1.00. The summed E-state index contributed by atoms with van der Waals surface area (Å²) in [7, 11) is 0. The van der Waals surface area contributed by atoms with E-state index in [9.17, 15) is 0 Å². The van der Waals surface area contributed by atoms with Crippen molar-refractivity contribution in [3.8, 4) is 45.2 Å². The standard InChI is InChI=1S/C55H35N3O/c1-2-14-34(15-3-1)49-33-50(35-26-28-36(29-27-35)53-52-46-23-11-13-25-51(46)59-54(52)45-22-10-12-24-48(45)56-53)58-55(57-49)44-31-30-43(40-19-7-8-20-41(40)44)47-32-37-16-4-5-17-38(37)39-18-6-9-21-42(39)47/h1-33,37-38H. The summed E-state index contributed by atoms with van der Waals surface area (Å²) < 4.78 is 6.48. The third-order valence-electron chi connectivity index (χ3n) is 12.1. The fourth-order valence-corrected chi connectivity index (χ4v) is 9.26. The van der Waals surface area contributed by atoms with E-state index in [4.69, 9.17) is 19.4 Å². The van der Waals surface area contributed by atoms with E-state index in [-0.39, 0.29) is 0 Å². The maximum absolute atomic E-state index is 6.48. The van der Waals surface area contributed by atoms with Crippen LogP contribution in [0.4, 0.5) is 0 Å². The van der Waals surface area contributed by atoms with E-state index in [1.807, 2.05) is 30.3 Å². The molecule has 2 atom stereocenters. The highest BCUT2D eigenvalue weighted by Gasteiger charge is 2.29. The molecule has 3 aromatic heterocycles. The fourth-order valence-electron chi connectivity index (χ4n) is 9.26. The summed E-state index contributed by atoms with van der Waals surface area (Å²) in [4.78, 5) is 15.8. The Kier molecular flexibility index (Phi) is 7.63. The molecular weight excluding hydrogens is 719 g/mol. The van der Waals surface area contributed by atoms with E-state index in [1.165, 1.54) is 27.6 Å². The second-order valence-electron chi connectivity index (χ2n) is 15.4. The second kappa shape index (κ2) is 13.5. The Bertz CT molecular complexity index is 3390. The molecule has 2 unspecified atom stereocenters. The van der Waals surface area contributed by atoms with E-state index in [0.29, 0.717) is 17.7 Å². The topological polar surface area (TPSA) is 51.8 Å². The van der Waals surface area contributed by atoms with Gasteiger partial charge in [0.25, 0.3) is 0 Å². The first kappa shape index (κ1) is 33.4. The molecule has 0 bridgehead atoms. The van der Waals surface area contributed by atoms with Crippen LogP contribution in [0.25, 0.3) is 94.3 Å². The summed E-state index contributed by atoms with van der Waals surface area (Å²) in [5.41, 5.74) is 14.4. The largest absolute Gasteiger partial charge is 0.455 e. The molecule has 276 valence electrons.